The Morgan fingerprint density at radius 1 is 1.10 bits per heavy atom. The average Bonchev–Trinajstić information content (AvgIpc) is 3.03. The number of alkyl halides is 3. The number of nitrogens with two attached hydrogens (primary N) is 1. The number of hydrogen-bond donors (Lipinski definition) is 1. The molecule has 3 rings (SSSR count). The summed E-state index contributed by atoms with van der Waals surface area (Å²) in [6.45, 7) is -0.302. The molecule has 2 aromatic rings. The zero-order valence-corrected chi connectivity index (χ0v) is 15.5. The highest BCUT2D eigenvalue weighted by atomic mass is 35.5. The maximum Gasteiger partial charge on any atom is 0.451 e. The maximum absolute atomic E-state index is 13.7. The number of carbonyl (C=O) groups is 1. The van der Waals surface area contributed by atoms with Gasteiger partial charge in [0.15, 0.2) is 17.5 Å². The van der Waals surface area contributed by atoms with Gasteiger partial charge in [-0.05, 0) is 18.1 Å². The summed E-state index contributed by atoms with van der Waals surface area (Å²) in [5.74, 6) is -5.15. The van der Waals surface area contributed by atoms with Crippen molar-refractivity contribution in [2.45, 2.75) is 38.1 Å². The van der Waals surface area contributed by atoms with Gasteiger partial charge in [0, 0.05) is 31.6 Å². The Kier molecular flexibility index (Phi) is 6.78. The van der Waals surface area contributed by atoms with Crippen LogP contribution in [0, 0.1) is 17.5 Å². The summed E-state index contributed by atoms with van der Waals surface area (Å²) in [7, 11) is 0. The topological polar surface area (TPSA) is 77.0 Å². The first kappa shape index (κ1) is 22.9. The molecule has 0 fully saturated rings. The smallest absolute Gasteiger partial charge is 0.333 e. The van der Waals surface area contributed by atoms with Crippen LogP contribution < -0.4 is 5.73 Å². The largest absolute Gasteiger partial charge is 0.451 e. The van der Waals surface area contributed by atoms with Crippen LogP contribution in [0.5, 0.6) is 0 Å². The molecular weight excluding hydrogens is 428 g/mol. The molecule has 29 heavy (non-hydrogen) atoms. The Morgan fingerprint density at radius 2 is 1.76 bits per heavy atom. The van der Waals surface area contributed by atoms with E-state index < -0.39 is 41.4 Å². The minimum Gasteiger partial charge on any atom is -0.333 e. The highest BCUT2D eigenvalue weighted by molar-refractivity contribution is 5.85. The number of nitrogens with zero attached hydrogens (tertiary/aromatic N) is 4. The van der Waals surface area contributed by atoms with Crippen molar-refractivity contribution >= 4 is 18.3 Å². The molecular formula is C16H16ClF6N5O. The van der Waals surface area contributed by atoms with Crippen LogP contribution in [0.25, 0.3) is 0 Å². The third-order valence-electron chi connectivity index (χ3n) is 4.37. The Morgan fingerprint density at radius 3 is 2.41 bits per heavy atom. The van der Waals surface area contributed by atoms with Crippen molar-refractivity contribution in [1.82, 2.24) is 19.7 Å². The molecule has 6 nitrogen and oxygen atoms in total. The molecule has 0 radical (unpaired) electrons. The van der Waals surface area contributed by atoms with Crippen LogP contribution in [0.1, 0.15) is 23.6 Å². The zero-order valence-electron chi connectivity index (χ0n) is 14.7. The number of rotatable bonds is 4. The number of carbonyl (C=O) groups excluding carboxylic acids is 1. The van der Waals surface area contributed by atoms with Crippen LogP contribution in [0.3, 0.4) is 0 Å². The van der Waals surface area contributed by atoms with Crippen LogP contribution >= 0.6 is 12.4 Å². The van der Waals surface area contributed by atoms with Crippen molar-refractivity contribution in [3.8, 4) is 0 Å². The van der Waals surface area contributed by atoms with Gasteiger partial charge in [-0.1, -0.05) is 0 Å². The van der Waals surface area contributed by atoms with E-state index in [1.54, 1.807) is 0 Å². The molecule has 0 saturated heterocycles. The van der Waals surface area contributed by atoms with Crippen molar-refractivity contribution in [2.75, 3.05) is 6.54 Å². The number of fused-ring (bicyclic) bond motifs is 1. The second-order valence-corrected chi connectivity index (χ2v) is 6.43. The normalized spacial score (nSPS) is 14.9. The monoisotopic (exact) mass is 443 g/mol. The first-order valence-corrected chi connectivity index (χ1v) is 8.22. The van der Waals surface area contributed by atoms with E-state index in [4.69, 9.17) is 5.73 Å². The van der Waals surface area contributed by atoms with Crippen LogP contribution in [-0.4, -0.2) is 38.2 Å². The predicted molar refractivity (Wildman–Crippen MR) is 90.3 cm³/mol. The standard InChI is InChI=1S/C16H15F6N5O.ClH/c17-10-6-12(19)11(18)4-8(10)3-9(23)5-14(28)26-1-2-27-13(7-26)24-25-15(27)16(20,21)22;/h4,6,9H,1-3,5,7,23H2;1H/t9-;/m0./s1. The molecule has 0 aliphatic carbocycles. The summed E-state index contributed by atoms with van der Waals surface area (Å²) in [6, 6.07) is 0.184. The minimum absolute atomic E-state index is 0. The van der Waals surface area contributed by atoms with E-state index >= 15 is 0 Å². The van der Waals surface area contributed by atoms with Crippen LogP contribution in [-0.2, 0) is 30.5 Å². The number of hydrogen-bond acceptors (Lipinski definition) is 4. The van der Waals surface area contributed by atoms with Gasteiger partial charge in [0.1, 0.15) is 5.82 Å². The molecule has 0 saturated carbocycles. The molecule has 13 heteroatoms. The molecule has 0 spiro atoms. The third-order valence-corrected chi connectivity index (χ3v) is 4.37. The van der Waals surface area contributed by atoms with Gasteiger partial charge in [-0.2, -0.15) is 13.2 Å². The molecule has 2 heterocycles. The van der Waals surface area contributed by atoms with E-state index in [0.29, 0.717) is 12.1 Å². The van der Waals surface area contributed by atoms with Crippen molar-refractivity contribution in [3.05, 3.63) is 46.8 Å². The first-order valence-electron chi connectivity index (χ1n) is 8.22. The summed E-state index contributed by atoms with van der Waals surface area (Å²) in [4.78, 5) is 13.6. The first-order chi connectivity index (χ1) is 13.1. The van der Waals surface area contributed by atoms with E-state index in [0.717, 1.165) is 4.57 Å². The lowest BCUT2D eigenvalue weighted by atomic mass is 10.0. The molecule has 2 N–H and O–H groups in total. The summed E-state index contributed by atoms with van der Waals surface area (Å²) in [5.41, 5.74) is 5.64. The number of halogens is 7. The fraction of sp³-hybridized carbons (Fsp3) is 0.438. The van der Waals surface area contributed by atoms with Gasteiger partial charge in [-0.25, -0.2) is 13.2 Å². The number of amides is 1. The molecule has 1 amide bonds. The lowest BCUT2D eigenvalue weighted by Gasteiger charge is -2.29. The second-order valence-electron chi connectivity index (χ2n) is 6.43. The van der Waals surface area contributed by atoms with E-state index in [9.17, 15) is 31.1 Å². The SMILES string of the molecule is Cl.N[C@H](CC(=O)N1CCn2c(nnc2C(F)(F)F)C1)Cc1cc(F)c(F)cc1F. The van der Waals surface area contributed by atoms with E-state index in [2.05, 4.69) is 10.2 Å². The van der Waals surface area contributed by atoms with Gasteiger partial charge in [0.05, 0.1) is 6.54 Å². The Bertz CT molecular complexity index is 903. The number of aromatic nitrogens is 3. The van der Waals surface area contributed by atoms with Gasteiger partial charge in [0.25, 0.3) is 0 Å². The summed E-state index contributed by atoms with van der Waals surface area (Å²) < 4.78 is 79.3. The molecule has 0 bridgehead atoms. The second kappa shape index (κ2) is 8.57. The lowest BCUT2D eigenvalue weighted by molar-refractivity contribution is -0.148. The fourth-order valence-electron chi connectivity index (χ4n) is 3.01. The van der Waals surface area contributed by atoms with E-state index in [1.807, 2.05) is 0 Å². The lowest BCUT2D eigenvalue weighted by Crippen LogP contribution is -2.42. The van der Waals surface area contributed by atoms with Crippen LogP contribution in [0.4, 0.5) is 26.3 Å². The Hall–Kier alpha value is -2.34. The molecule has 1 aliphatic heterocycles. The highest BCUT2D eigenvalue weighted by Gasteiger charge is 2.39. The Labute approximate surface area is 167 Å². The van der Waals surface area contributed by atoms with Gasteiger partial charge >= 0.3 is 6.18 Å². The predicted octanol–water partition coefficient (Wildman–Crippen LogP) is 2.44. The molecule has 160 valence electrons. The van der Waals surface area contributed by atoms with E-state index in [-0.39, 0.29) is 56.3 Å². The minimum atomic E-state index is -4.64. The van der Waals surface area contributed by atoms with Crippen LogP contribution in [0.15, 0.2) is 12.1 Å². The summed E-state index contributed by atoms with van der Waals surface area (Å²) in [6.07, 6.45) is -5.11. The molecule has 1 atom stereocenters. The average molecular weight is 444 g/mol. The van der Waals surface area contributed by atoms with Crippen molar-refractivity contribution in [1.29, 1.82) is 0 Å². The van der Waals surface area contributed by atoms with Crippen molar-refractivity contribution < 1.29 is 31.1 Å². The third kappa shape index (κ3) is 4.99. The summed E-state index contributed by atoms with van der Waals surface area (Å²) >= 11 is 0. The Balaban J connectivity index is 0.00000300. The van der Waals surface area contributed by atoms with Gasteiger partial charge < -0.3 is 15.2 Å². The van der Waals surface area contributed by atoms with E-state index in [1.165, 1.54) is 4.90 Å². The zero-order chi connectivity index (χ0) is 20.6. The van der Waals surface area contributed by atoms with Gasteiger partial charge in [-0.15, -0.1) is 22.6 Å². The van der Waals surface area contributed by atoms with Crippen LogP contribution in [0.2, 0.25) is 0 Å². The number of benzene rings is 1. The highest BCUT2D eigenvalue weighted by Crippen LogP contribution is 2.29. The maximum atomic E-state index is 13.7. The van der Waals surface area contributed by atoms with Crippen molar-refractivity contribution in [2.24, 2.45) is 5.73 Å². The molecule has 1 aromatic carbocycles. The molecule has 1 aromatic heterocycles. The molecule has 1 aliphatic rings. The van der Waals surface area contributed by atoms with Crippen molar-refractivity contribution in [3.63, 3.8) is 0 Å². The quantitative estimate of drug-likeness (QED) is 0.581. The fourth-order valence-corrected chi connectivity index (χ4v) is 3.01. The molecule has 0 unspecified atom stereocenters. The summed E-state index contributed by atoms with van der Waals surface area (Å²) in [5, 5.41) is 6.60. The van der Waals surface area contributed by atoms with Gasteiger partial charge in [-0.3, -0.25) is 4.79 Å². The van der Waals surface area contributed by atoms with Gasteiger partial charge in [0.2, 0.25) is 11.7 Å².